The number of anilines is 1. The van der Waals surface area contributed by atoms with Crippen LogP contribution in [0.3, 0.4) is 0 Å². The monoisotopic (exact) mass is 342 g/mol. The lowest BCUT2D eigenvalue weighted by molar-refractivity contribution is -0.120. The second kappa shape index (κ2) is 7.81. The van der Waals surface area contributed by atoms with Crippen LogP contribution in [0.4, 0.5) is 5.69 Å². The number of nitrogens with one attached hydrogen (secondary N) is 1. The molecule has 3 rings (SSSR count). The molecule has 1 fully saturated rings. The van der Waals surface area contributed by atoms with Crippen molar-refractivity contribution in [3.8, 4) is 0 Å². The number of nitrogens with zero attached hydrogens (tertiary/aromatic N) is 1. The van der Waals surface area contributed by atoms with Crippen LogP contribution in [0, 0.1) is 0 Å². The normalized spacial score (nSPS) is 16.0. The molecule has 24 heavy (non-hydrogen) atoms. The molecule has 0 radical (unpaired) electrons. The van der Waals surface area contributed by atoms with Crippen LogP contribution in [0.2, 0.25) is 0 Å². The summed E-state index contributed by atoms with van der Waals surface area (Å²) in [5.74, 6) is 0.680. The fourth-order valence-electron chi connectivity index (χ4n) is 3.04. The number of aliphatic hydroxyl groups is 1. The van der Waals surface area contributed by atoms with Crippen molar-refractivity contribution in [1.82, 2.24) is 4.98 Å². The SMILES string of the molecule is O=C(CC1(O)CCCC1)Nc1cccc(CSc2ccccn2)c1. The van der Waals surface area contributed by atoms with Gasteiger partial charge >= 0.3 is 0 Å². The van der Waals surface area contributed by atoms with Crippen LogP contribution in [0.15, 0.2) is 53.7 Å². The van der Waals surface area contributed by atoms with Gasteiger partial charge in [-0.05, 0) is 42.7 Å². The van der Waals surface area contributed by atoms with Crippen molar-refractivity contribution in [1.29, 1.82) is 0 Å². The molecule has 2 aromatic rings. The highest BCUT2D eigenvalue weighted by atomic mass is 32.2. The van der Waals surface area contributed by atoms with Crippen LogP contribution in [0.25, 0.3) is 0 Å². The van der Waals surface area contributed by atoms with Gasteiger partial charge < -0.3 is 10.4 Å². The summed E-state index contributed by atoms with van der Waals surface area (Å²) < 4.78 is 0. The van der Waals surface area contributed by atoms with Crippen molar-refractivity contribution >= 4 is 23.4 Å². The Labute approximate surface area is 146 Å². The van der Waals surface area contributed by atoms with Crippen LogP contribution in [-0.4, -0.2) is 21.6 Å². The second-order valence-electron chi connectivity index (χ2n) is 6.31. The lowest BCUT2D eigenvalue weighted by Crippen LogP contribution is -2.30. The number of hydrogen-bond acceptors (Lipinski definition) is 4. The molecule has 1 aromatic heterocycles. The quantitative estimate of drug-likeness (QED) is 0.779. The average Bonchev–Trinajstić information content (AvgIpc) is 3.00. The molecule has 0 spiro atoms. The van der Waals surface area contributed by atoms with Gasteiger partial charge in [-0.25, -0.2) is 4.98 Å². The van der Waals surface area contributed by atoms with E-state index in [1.165, 1.54) is 0 Å². The van der Waals surface area contributed by atoms with Gasteiger partial charge in [0.1, 0.15) is 0 Å². The number of carbonyl (C=O) groups is 1. The first-order valence-electron chi connectivity index (χ1n) is 8.28. The Morgan fingerprint density at radius 3 is 2.79 bits per heavy atom. The van der Waals surface area contributed by atoms with Gasteiger partial charge in [0, 0.05) is 17.6 Å². The van der Waals surface area contributed by atoms with Gasteiger partial charge in [0.05, 0.1) is 17.0 Å². The van der Waals surface area contributed by atoms with Gasteiger partial charge in [0.15, 0.2) is 0 Å². The number of rotatable bonds is 6. The fraction of sp³-hybridized carbons (Fsp3) is 0.368. The molecule has 1 saturated carbocycles. The van der Waals surface area contributed by atoms with Crippen molar-refractivity contribution in [2.75, 3.05) is 5.32 Å². The zero-order chi connectivity index (χ0) is 16.8. The van der Waals surface area contributed by atoms with Crippen molar-refractivity contribution in [3.63, 3.8) is 0 Å². The van der Waals surface area contributed by atoms with E-state index in [4.69, 9.17) is 0 Å². The molecule has 1 heterocycles. The maximum absolute atomic E-state index is 12.2. The summed E-state index contributed by atoms with van der Waals surface area (Å²) in [5.41, 5.74) is 1.10. The molecule has 1 aliphatic carbocycles. The van der Waals surface area contributed by atoms with E-state index in [-0.39, 0.29) is 12.3 Å². The minimum atomic E-state index is -0.809. The number of carbonyl (C=O) groups excluding carboxylic acids is 1. The molecular weight excluding hydrogens is 320 g/mol. The zero-order valence-electron chi connectivity index (χ0n) is 13.6. The minimum absolute atomic E-state index is 0.117. The summed E-state index contributed by atoms with van der Waals surface area (Å²) in [5, 5.41) is 14.2. The number of aromatic nitrogens is 1. The van der Waals surface area contributed by atoms with Crippen molar-refractivity contribution in [3.05, 3.63) is 54.2 Å². The summed E-state index contributed by atoms with van der Waals surface area (Å²) in [6.45, 7) is 0. The van der Waals surface area contributed by atoms with Gasteiger partial charge in [-0.2, -0.15) is 0 Å². The Bertz CT molecular complexity index is 685. The molecule has 0 bridgehead atoms. The van der Waals surface area contributed by atoms with Crippen LogP contribution in [0.1, 0.15) is 37.7 Å². The highest BCUT2D eigenvalue weighted by molar-refractivity contribution is 7.98. The Hall–Kier alpha value is -1.85. The molecule has 0 saturated heterocycles. The van der Waals surface area contributed by atoms with Crippen molar-refractivity contribution < 1.29 is 9.90 Å². The fourth-order valence-corrected chi connectivity index (χ4v) is 3.85. The third-order valence-electron chi connectivity index (χ3n) is 4.26. The standard InChI is InChI=1S/C19H22N2O2S/c22-17(13-19(23)9-2-3-10-19)21-16-7-5-6-15(12-16)14-24-18-8-1-4-11-20-18/h1,4-8,11-12,23H,2-3,9-10,13-14H2,(H,21,22). The zero-order valence-corrected chi connectivity index (χ0v) is 14.4. The number of pyridine rings is 1. The summed E-state index contributed by atoms with van der Waals surface area (Å²) in [6, 6.07) is 13.7. The van der Waals surface area contributed by atoms with Gasteiger partial charge in [0.25, 0.3) is 0 Å². The summed E-state index contributed by atoms with van der Waals surface area (Å²) in [4.78, 5) is 16.5. The van der Waals surface area contributed by atoms with Gasteiger partial charge in [-0.3, -0.25) is 4.79 Å². The molecule has 0 aliphatic heterocycles. The smallest absolute Gasteiger partial charge is 0.227 e. The van der Waals surface area contributed by atoms with E-state index in [2.05, 4.69) is 10.3 Å². The van der Waals surface area contributed by atoms with Crippen molar-refractivity contribution in [2.24, 2.45) is 0 Å². The summed E-state index contributed by atoms with van der Waals surface area (Å²) in [7, 11) is 0. The first-order valence-corrected chi connectivity index (χ1v) is 9.27. The summed E-state index contributed by atoms with van der Waals surface area (Å²) >= 11 is 1.66. The molecule has 2 N–H and O–H groups in total. The number of amides is 1. The molecule has 5 heteroatoms. The van der Waals surface area contributed by atoms with Gasteiger partial charge in [-0.15, -0.1) is 11.8 Å². The lowest BCUT2D eigenvalue weighted by atomic mass is 9.97. The predicted octanol–water partition coefficient (Wildman–Crippen LogP) is 4.01. The molecule has 1 aliphatic rings. The van der Waals surface area contributed by atoms with Crippen LogP contribution >= 0.6 is 11.8 Å². The largest absolute Gasteiger partial charge is 0.389 e. The molecule has 0 atom stereocenters. The number of thioether (sulfide) groups is 1. The number of hydrogen-bond donors (Lipinski definition) is 2. The lowest BCUT2D eigenvalue weighted by Gasteiger charge is -2.21. The molecule has 1 amide bonds. The van der Waals surface area contributed by atoms with E-state index in [1.54, 1.807) is 18.0 Å². The van der Waals surface area contributed by atoms with Gasteiger partial charge in [0.2, 0.25) is 5.91 Å². The minimum Gasteiger partial charge on any atom is -0.389 e. The average molecular weight is 342 g/mol. The van der Waals surface area contributed by atoms with Crippen molar-refractivity contribution in [2.45, 2.75) is 48.5 Å². The van der Waals surface area contributed by atoms with E-state index < -0.39 is 5.60 Å². The maximum atomic E-state index is 12.2. The van der Waals surface area contributed by atoms with Crippen LogP contribution in [0.5, 0.6) is 0 Å². The van der Waals surface area contributed by atoms with E-state index >= 15 is 0 Å². The maximum Gasteiger partial charge on any atom is 0.227 e. The summed E-state index contributed by atoms with van der Waals surface area (Å²) in [6.07, 6.45) is 5.42. The highest BCUT2D eigenvalue weighted by Gasteiger charge is 2.33. The van der Waals surface area contributed by atoms with E-state index in [0.29, 0.717) is 0 Å². The predicted molar refractivity (Wildman–Crippen MR) is 96.9 cm³/mol. The van der Waals surface area contributed by atoms with E-state index in [0.717, 1.165) is 47.7 Å². The van der Waals surface area contributed by atoms with E-state index in [9.17, 15) is 9.90 Å². The third kappa shape index (κ3) is 4.82. The van der Waals surface area contributed by atoms with E-state index in [1.807, 2.05) is 42.5 Å². The molecular formula is C19H22N2O2S. The Morgan fingerprint density at radius 1 is 1.21 bits per heavy atom. The second-order valence-corrected chi connectivity index (χ2v) is 7.31. The topological polar surface area (TPSA) is 62.2 Å². The first-order chi connectivity index (χ1) is 11.6. The molecule has 0 unspecified atom stereocenters. The third-order valence-corrected chi connectivity index (χ3v) is 5.27. The highest BCUT2D eigenvalue weighted by Crippen LogP contribution is 2.32. The van der Waals surface area contributed by atoms with Gasteiger partial charge in [-0.1, -0.05) is 31.0 Å². The molecule has 1 aromatic carbocycles. The van der Waals surface area contributed by atoms with Crippen LogP contribution < -0.4 is 5.32 Å². The Kier molecular flexibility index (Phi) is 5.53. The Balaban J connectivity index is 1.55. The molecule has 126 valence electrons. The Morgan fingerprint density at radius 2 is 2.04 bits per heavy atom. The number of benzene rings is 1. The first kappa shape index (κ1) is 17.0. The van der Waals surface area contributed by atoms with Crippen LogP contribution in [-0.2, 0) is 10.5 Å². The molecule has 4 nitrogen and oxygen atoms in total.